The van der Waals surface area contributed by atoms with Gasteiger partial charge in [0.1, 0.15) is 0 Å². The zero-order valence-corrected chi connectivity index (χ0v) is 16.7. The van der Waals surface area contributed by atoms with Crippen molar-refractivity contribution in [3.05, 3.63) is 70.9 Å². The number of anilines is 1. The van der Waals surface area contributed by atoms with Gasteiger partial charge in [-0.1, -0.05) is 30.3 Å². The molecular formula is C22H25N5O2. The van der Waals surface area contributed by atoms with Crippen LogP contribution in [0.25, 0.3) is 11.1 Å². The summed E-state index contributed by atoms with van der Waals surface area (Å²) in [7, 11) is 3.41. The standard InChI is InChI=1S/C22H25N5O2/c1-23-22(29)17-8-9-26(13-17)20-10-21(28)25(2)15-19(20)18-11-24-27(14-18)12-16-6-4-3-5-7-16/h3-7,10-11,14-15,17H,8-9,12-13H2,1-2H3,(H,23,29)/t17-/m1/s1. The second-order valence-electron chi connectivity index (χ2n) is 7.48. The maximum Gasteiger partial charge on any atom is 0.252 e. The van der Waals surface area contributed by atoms with Gasteiger partial charge in [-0.3, -0.25) is 14.3 Å². The SMILES string of the molecule is CNC(=O)[C@@H]1CCN(c2cc(=O)n(C)cc2-c2cnn(Cc3ccccc3)c2)C1. The third-order valence-electron chi connectivity index (χ3n) is 5.48. The summed E-state index contributed by atoms with van der Waals surface area (Å²) in [5.41, 5.74) is 3.87. The molecule has 1 fully saturated rings. The molecule has 7 nitrogen and oxygen atoms in total. The maximum absolute atomic E-state index is 12.3. The molecule has 3 aromatic rings. The monoisotopic (exact) mass is 391 g/mol. The predicted molar refractivity (Wildman–Crippen MR) is 113 cm³/mol. The molecule has 1 amide bonds. The van der Waals surface area contributed by atoms with Gasteiger partial charge >= 0.3 is 0 Å². The van der Waals surface area contributed by atoms with Crippen molar-refractivity contribution in [3.8, 4) is 11.1 Å². The Morgan fingerprint density at radius 1 is 1.24 bits per heavy atom. The summed E-state index contributed by atoms with van der Waals surface area (Å²) < 4.78 is 3.48. The van der Waals surface area contributed by atoms with Gasteiger partial charge in [-0.25, -0.2) is 0 Å². The number of hydrogen-bond acceptors (Lipinski definition) is 4. The number of nitrogens with zero attached hydrogens (tertiary/aromatic N) is 4. The van der Waals surface area contributed by atoms with E-state index in [0.717, 1.165) is 29.8 Å². The van der Waals surface area contributed by atoms with Gasteiger partial charge in [0.2, 0.25) is 5.91 Å². The van der Waals surface area contributed by atoms with Gasteiger partial charge < -0.3 is 14.8 Å². The summed E-state index contributed by atoms with van der Waals surface area (Å²) in [6.45, 7) is 2.04. The van der Waals surface area contributed by atoms with E-state index < -0.39 is 0 Å². The number of nitrogens with one attached hydrogen (secondary N) is 1. The van der Waals surface area contributed by atoms with Crippen LogP contribution >= 0.6 is 0 Å². The summed E-state index contributed by atoms with van der Waals surface area (Å²) in [5, 5.41) is 7.24. The molecule has 4 rings (SSSR count). The number of amides is 1. The first-order valence-electron chi connectivity index (χ1n) is 9.79. The van der Waals surface area contributed by atoms with E-state index in [4.69, 9.17) is 0 Å². The summed E-state index contributed by atoms with van der Waals surface area (Å²) in [6.07, 6.45) is 6.47. The second-order valence-corrected chi connectivity index (χ2v) is 7.48. The zero-order chi connectivity index (χ0) is 20.4. The molecule has 1 aliphatic rings. The fourth-order valence-electron chi connectivity index (χ4n) is 3.86. The minimum atomic E-state index is -0.0659. The molecule has 2 aromatic heterocycles. The smallest absolute Gasteiger partial charge is 0.252 e. The lowest BCUT2D eigenvalue weighted by atomic mass is 10.1. The molecule has 1 saturated heterocycles. The molecule has 0 bridgehead atoms. The first-order chi connectivity index (χ1) is 14.0. The lowest BCUT2D eigenvalue weighted by molar-refractivity contribution is -0.123. The number of rotatable bonds is 5. The molecule has 1 N–H and O–H groups in total. The van der Waals surface area contributed by atoms with E-state index in [1.807, 2.05) is 41.5 Å². The molecule has 0 saturated carbocycles. The largest absolute Gasteiger partial charge is 0.370 e. The molecule has 0 spiro atoms. The summed E-state index contributed by atoms with van der Waals surface area (Å²) >= 11 is 0. The van der Waals surface area contributed by atoms with E-state index in [1.165, 1.54) is 5.56 Å². The number of aromatic nitrogens is 3. The number of benzene rings is 1. The van der Waals surface area contributed by atoms with E-state index in [2.05, 4.69) is 27.4 Å². The highest BCUT2D eigenvalue weighted by Crippen LogP contribution is 2.32. The van der Waals surface area contributed by atoms with E-state index in [0.29, 0.717) is 13.1 Å². The van der Waals surface area contributed by atoms with Crippen LogP contribution in [0, 0.1) is 5.92 Å². The van der Waals surface area contributed by atoms with Crippen LogP contribution in [-0.4, -0.2) is 40.4 Å². The molecule has 150 valence electrons. The Labute approximate surface area is 169 Å². The fraction of sp³-hybridized carbons (Fsp3) is 0.318. The number of carbonyl (C=O) groups is 1. The van der Waals surface area contributed by atoms with Crippen molar-refractivity contribution < 1.29 is 4.79 Å². The Hall–Kier alpha value is -3.35. The minimum Gasteiger partial charge on any atom is -0.370 e. The summed E-state index contributed by atoms with van der Waals surface area (Å²) in [4.78, 5) is 26.5. The number of hydrogen-bond donors (Lipinski definition) is 1. The Morgan fingerprint density at radius 2 is 2.03 bits per heavy atom. The van der Waals surface area contributed by atoms with Crippen molar-refractivity contribution >= 4 is 11.6 Å². The molecule has 1 aliphatic heterocycles. The van der Waals surface area contributed by atoms with Gasteiger partial charge in [-0.05, 0) is 12.0 Å². The molecular weight excluding hydrogens is 366 g/mol. The molecule has 0 aliphatic carbocycles. The minimum absolute atomic E-state index is 0.0496. The molecule has 0 radical (unpaired) electrons. The van der Waals surface area contributed by atoms with E-state index >= 15 is 0 Å². The van der Waals surface area contributed by atoms with E-state index in [-0.39, 0.29) is 17.4 Å². The normalized spacial score (nSPS) is 16.2. The van der Waals surface area contributed by atoms with Crippen LogP contribution in [0.2, 0.25) is 0 Å². The van der Waals surface area contributed by atoms with Gasteiger partial charge in [0.15, 0.2) is 0 Å². The number of pyridine rings is 1. The number of carbonyl (C=O) groups excluding carboxylic acids is 1. The summed E-state index contributed by atoms with van der Waals surface area (Å²) in [5.74, 6) is -0.00808. The van der Waals surface area contributed by atoms with Gasteiger partial charge in [-0.2, -0.15) is 5.10 Å². The van der Waals surface area contributed by atoms with Crippen LogP contribution in [-0.2, 0) is 18.4 Å². The van der Waals surface area contributed by atoms with Gasteiger partial charge in [0, 0.05) is 56.8 Å². The van der Waals surface area contributed by atoms with Crippen molar-refractivity contribution in [1.82, 2.24) is 19.7 Å². The predicted octanol–water partition coefficient (Wildman–Crippen LogP) is 1.87. The van der Waals surface area contributed by atoms with Crippen molar-refractivity contribution in [3.63, 3.8) is 0 Å². The van der Waals surface area contributed by atoms with Crippen molar-refractivity contribution in [2.24, 2.45) is 13.0 Å². The van der Waals surface area contributed by atoms with Crippen LogP contribution in [0.5, 0.6) is 0 Å². The quantitative estimate of drug-likeness (QED) is 0.721. The first kappa shape index (κ1) is 19.0. The zero-order valence-electron chi connectivity index (χ0n) is 16.7. The number of aryl methyl sites for hydroxylation is 1. The maximum atomic E-state index is 12.3. The molecule has 1 aromatic carbocycles. The third kappa shape index (κ3) is 3.94. The van der Waals surface area contributed by atoms with Crippen LogP contribution in [0.15, 0.2) is 59.8 Å². The molecule has 3 heterocycles. The van der Waals surface area contributed by atoms with Crippen LogP contribution < -0.4 is 15.8 Å². The molecule has 0 unspecified atom stereocenters. The second kappa shape index (κ2) is 7.95. The lowest BCUT2D eigenvalue weighted by Crippen LogP contribution is -2.31. The highest BCUT2D eigenvalue weighted by atomic mass is 16.2. The van der Waals surface area contributed by atoms with Crippen LogP contribution in [0.3, 0.4) is 0 Å². The van der Waals surface area contributed by atoms with Crippen molar-refractivity contribution in [2.45, 2.75) is 13.0 Å². The van der Waals surface area contributed by atoms with Crippen LogP contribution in [0.4, 0.5) is 5.69 Å². The van der Waals surface area contributed by atoms with Crippen LogP contribution in [0.1, 0.15) is 12.0 Å². The fourth-order valence-corrected chi connectivity index (χ4v) is 3.86. The highest BCUT2D eigenvalue weighted by Gasteiger charge is 2.29. The lowest BCUT2D eigenvalue weighted by Gasteiger charge is -2.22. The Morgan fingerprint density at radius 3 is 2.79 bits per heavy atom. The Kier molecular flexibility index (Phi) is 5.20. The Balaban J connectivity index is 1.65. The first-order valence-corrected chi connectivity index (χ1v) is 9.79. The average molecular weight is 391 g/mol. The van der Waals surface area contributed by atoms with Gasteiger partial charge in [-0.15, -0.1) is 0 Å². The van der Waals surface area contributed by atoms with E-state index in [1.54, 1.807) is 24.7 Å². The molecule has 7 heteroatoms. The van der Waals surface area contributed by atoms with Crippen molar-refractivity contribution in [2.75, 3.05) is 25.0 Å². The highest BCUT2D eigenvalue weighted by molar-refractivity contribution is 5.82. The molecule has 29 heavy (non-hydrogen) atoms. The Bertz CT molecular complexity index is 1070. The topological polar surface area (TPSA) is 72.2 Å². The van der Waals surface area contributed by atoms with Crippen molar-refractivity contribution in [1.29, 1.82) is 0 Å². The molecule has 1 atom stereocenters. The summed E-state index contributed by atoms with van der Waals surface area (Å²) in [6, 6.07) is 11.8. The average Bonchev–Trinajstić information content (AvgIpc) is 3.40. The van der Waals surface area contributed by atoms with Gasteiger partial charge in [0.25, 0.3) is 5.56 Å². The third-order valence-corrected chi connectivity index (χ3v) is 5.48. The van der Waals surface area contributed by atoms with Gasteiger partial charge in [0.05, 0.1) is 24.3 Å². The van der Waals surface area contributed by atoms with E-state index in [9.17, 15) is 9.59 Å².